The Morgan fingerprint density at radius 2 is 1.65 bits per heavy atom. The summed E-state index contributed by atoms with van der Waals surface area (Å²) in [5.41, 5.74) is 12.3. The van der Waals surface area contributed by atoms with E-state index in [1.165, 1.54) is 51.4 Å². The van der Waals surface area contributed by atoms with Crippen molar-refractivity contribution in [3.63, 3.8) is 0 Å². The Labute approximate surface area is 106 Å². The Bertz CT molecular complexity index is 262. The molecule has 0 aromatic rings. The van der Waals surface area contributed by atoms with Crippen molar-refractivity contribution in [2.75, 3.05) is 13.1 Å². The fraction of sp³-hybridized carbons (Fsp3) is 1.00. The SMILES string of the molecule is NCCCC12CC3CC(CC(C3)C1CCN)C2. The minimum atomic E-state index is 0.660. The van der Waals surface area contributed by atoms with Gasteiger partial charge in [-0.2, -0.15) is 0 Å². The zero-order valence-corrected chi connectivity index (χ0v) is 11.0. The summed E-state index contributed by atoms with van der Waals surface area (Å²) in [6, 6.07) is 0. The van der Waals surface area contributed by atoms with Crippen molar-refractivity contribution in [2.24, 2.45) is 40.6 Å². The maximum absolute atomic E-state index is 5.87. The summed E-state index contributed by atoms with van der Waals surface area (Å²) in [7, 11) is 0. The van der Waals surface area contributed by atoms with E-state index in [0.717, 1.165) is 36.8 Å². The highest BCUT2D eigenvalue weighted by Gasteiger charge is 2.55. The third-order valence-electron chi connectivity index (χ3n) is 6.04. The molecule has 4 bridgehead atoms. The van der Waals surface area contributed by atoms with Gasteiger partial charge in [-0.3, -0.25) is 0 Å². The van der Waals surface area contributed by atoms with Crippen LogP contribution in [-0.4, -0.2) is 13.1 Å². The molecule has 4 rings (SSSR count). The second-order valence-electron chi connectivity index (χ2n) is 7.05. The van der Waals surface area contributed by atoms with E-state index in [4.69, 9.17) is 11.5 Å². The van der Waals surface area contributed by atoms with Crippen molar-refractivity contribution in [2.45, 2.75) is 51.4 Å². The Morgan fingerprint density at radius 1 is 0.941 bits per heavy atom. The van der Waals surface area contributed by atoms with Crippen molar-refractivity contribution in [3.8, 4) is 0 Å². The normalized spacial score (nSPS) is 47.6. The van der Waals surface area contributed by atoms with Crippen LogP contribution in [0.4, 0.5) is 0 Å². The maximum Gasteiger partial charge on any atom is -0.00743 e. The van der Waals surface area contributed by atoms with Gasteiger partial charge >= 0.3 is 0 Å². The summed E-state index contributed by atoms with van der Waals surface area (Å²) < 4.78 is 0. The molecular weight excluding hydrogens is 208 g/mol. The Hall–Kier alpha value is -0.0800. The smallest absolute Gasteiger partial charge is 0.00743 e. The van der Waals surface area contributed by atoms with Gasteiger partial charge < -0.3 is 11.5 Å². The van der Waals surface area contributed by atoms with Gasteiger partial charge in [0.25, 0.3) is 0 Å². The molecule has 4 aliphatic rings. The number of hydrogen-bond donors (Lipinski definition) is 2. The van der Waals surface area contributed by atoms with Crippen LogP contribution >= 0.6 is 0 Å². The summed E-state index contributed by atoms with van der Waals surface area (Å²) in [4.78, 5) is 0. The van der Waals surface area contributed by atoms with Gasteiger partial charge in [0.1, 0.15) is 0 Å². The first-order valence-electron chi connectivity index (χ1n) is 7.67. The van der Waals surface area contributed by atoms with Crippen molar-refractivity contribution >= 4 is 0 Å². The van der Waals surface area contributed by atoms with Crippen LogP contribution in [0.25, 0.3) is 0 Å². The topological polar surface area (TPSA) is 52.0 Å². The molecule has 17 heavy (non-hydrogen) atoms. The van der Waals surface area contributed by atoms with E-state index in [2.05, 4.69) is 0 Å². The van der Waals surface area contributed by atoms with Crippen LogP contribution in [0.5, 0.6) is 0 Å². The standard InChI is InChI=1S/C15H28N2/c16-4-1-3-15-9-11-6-12(10-15)8-13(7-11)14(15)2-5-17/h11-14H,1-10,16-17H2. The largest absolute Gasteiger partial charge is 0.330 e. The predicted octanol–water partition coefficient (Wildman–Crippen LogP) is 2.52. The van der Waals surface area contributed by atoms with Gasteiger partial charge in [0.05, 0.1) is 0 Å². The monoisotopic (exact) mass is 236 g/mol. The summed E-state index contributed by atoms with van der Waals surface area (Å²) in [5, 5.41) is 0. The van der Waals surface area contributed by atoms with Crippen LogP contribution in [0, 0.1) is 29.1 Å². The van der Waals surface area contributed by atoms with Crippen molar-refractivity contribution < 1.29 is 0 Å². The Morgan fingerprint density at radius 3 is 2.24 bits per heavy atom. The van der Waals surface area contributed by atoms with Crippen molar-refractivity contribution in [1.29, 1.82) is 0 Å². The van der Waals surface area contributed by atoms with E-state index in [0.29, 0.717) is 5.41 Å². The minimum Gasteiger partial charge on any atom is -0.330 e. The molecule has 3 atom stereocenters. The molecule has 98 valence electrons. The van der Waals surface area contributed by atoms with Gasteiger partial charge in [0.2, 0.25) is 0 Å². The van der Waals surface area contributed by atoms with E-state index in [1.54, 1.807) is 0 Å². The van der Waals surface area contributed by atoms with Gasteiger partial charge in [-0.05, 0) is 93.5 Å². The third-order valence-corrected chi connectivity index (χ3v) is 6.04. The molecule has 0 saturated heterocycles. The third kappa shape index (κ3) is 1.94. The molecule has 0 aromatic heterocycles. The molecule has 0 aromatic carbocycles. The van der Waals surface area contributed by atoms with Crippen LogP contribution in [0.1, 0.15) is 51.4 Å². The summed E-state index contributed by atoms with van der Waals surface area (Å²) in [5.74, 6) is 4.06. The molecule has 2 heteroatoms. The first kappa shape index (κ1) is 12.0. The molecule has 2 nitrogen and oxygen atoms in total. The average Bonchev–Trinajstić information content (AvgIpc) is 2.31. The highest BCUT2D eigenvalue weighted by Crippen LogP contribution is 2.65. The molecule has 4 N–H and O–H groups in total. The Balaban J connectivity index is 1.81. The molecule has 0 amide bonds. The molecule has 0 heterocycles. The Kier molecular flexibility index (Phi) is 3.20. The van der Waals surface area contributed by atoms with Crippen molar-refractivity contribution in [1.82, 2.24) is 0 Å². The maximum atomic E-state index is 5.87. The number of rotatable bonds is 5. The lowest BCUT2D eigenvalue weighted by molar-refractivity contribution is -0.116. The zero-order chi connectivity index (χ0) is 11.9. The lowest BCUT2D eigenvalue weighted by Gasteiger charge is -2.62. The van der Waals surface area contributed by atoms with Gasteiger partial charge in [-0.25, -0.2) is 0 Å². The van der Waals surface area contributed by atoms with Crippen LogP contribution in [0.2, 0.25) is 0 Å². The molecule has 0 aliphatic heterocycles. The van der Waals surface area contributed by atoms with E-state index < -0.39 is 0 Å². The molecule has 4 aliphatic carbocycles. The second kappa shape index (κ2) is 4.55. The van der Waals surface area contributed by atoms with Gasteiger partial charge in [-0.1, -0.05) is 0 Å². The van der Waals surface area contributed by atoms with E-state index >= 15 is 0 Å². The lowest BCUT2D eigenvalue weighted by atomic mass is 9.43. The number of nitrogens with two attached hydrogens (primary N) is 2. The van der Waals surface area contributed by atoms with Gasteiger partial charge in [0, 0.05) is 0 Å². The predicted molar refractivity (Wildman–Crippen MR) is 71.4 cm³/mol. The van der Waals surface area contributed by atoms with Gasteiger partial charge in [0.15, 0.2) is 0 Å². The first-order valence-corrected chi connectivity index (χ1v) is 7.67. The van der Waals surface area contributed by atoms with Crippen LogP contribution in [0.15, 0.2) is 0 Å². The van der Waals surface area contributed by atoms with Crippen molar-refractivity contribution in [3.05, 3.63) is 0 Å². The molecule has 0 spiro atoms. The minimum absolute atomic E-state index is 0.660. The fourth-order valence-corrected chi connectivity index (χ4v) is 5.88. The summed E-state index contributed by atoms with van der Waals surface area (Å²) in [6.07, 6.45) is 11.5. The van der Waals surface area contributed by atoms with Crippen LogP contribution < -0.4 is 11.5 Å². The summed E-state index contributed by atoms with van der Waals surface area (Å²) in [6.45, 7) is 1.76. The highest BCUT2D eigenvalue weighted by atomic mass is 14.6. The first-order chi connectivity index (χ1) is 8.27. The van der Waals surface area contributed by atoms with E-state index in [9.17, 15) is 0 Å². The zero-order valence-electron chi connectivity index (χ0n) is 11.0. The molecule has 4 saturated carbocycles. The van der Waals surface area contributed by atoms with Crippen LogP contribution in [0.3, 0.4) is 0 Å². The summed E-state index contributed by atoms with van der Waals surface area (Å²) >= 11 is 0. The molecule has 4 fully saturated rings. The second-order valence-corrected chi connectivity index (χ2v) is 7.05. The molecule has 0 radical (unpaired) electrons. The van der Waals surface area contributed by atoms with E-state index in [1.807, 2.05) is 0 Å². The quantitative estimate of drug-likeness (QED) is 0.770. The van der Waals surface area contributed by atoms with Gasteiger partial charge in [-0.15, -0.1) is 0 Å². The fourth-order valence-electron chi connectivity index (χ4n) is 5.88. The van der Waals surface area contributed by atoms with Crippen LogP contribution in [-0.2, 0) is 0 Å². The average molecular weight is 236 g/mol. The highest BCUT2D eigenvalue weighted by molar-refractivity contribution is 5.05. The van der Waals surface area contributed by atoms with E-state index in [-0.39, 0.29) is 0 Å². The molecular formula is C15H28N2. The lowest BCUT2D eigenvalue weighted by Crippen LogP contribution is -2.53. The molecule has 3 unspecified atom stereocenters. The number of hydrogen-bond acceptors (Lipinski definition) is 2.